The van der Waals surface area contributed by atoms with Gasteiger partial charge < -0.3 is 7.67 Å². The molecule has 14 heavy (non-hydrogen) atoms. The van der Waals surface area contributed by atoms with Gasteiger partial charge in [-0.3, -0.25) is 0 Å². The van der Waals surface area contributed by atoms with Crippen molar-refractivity contribution in [2.75, 3.05) is 7.05 Å². The molecule has 0 bridgehead atoms. The van der Waals surface area contributed by atoms with Gasteiger partial charge in [-0.15, -0.1) is 0 Å². The number of hydrogen-bond acceptors (Lipinski definition) is 2. The second-order valence-corrected chi connectivity index (χ2v) is 4.09. The molecule has 2 nitrogen and oxygen atoms in total. The van der Waals surface area contributed by atoms with Gasteiger partial charge in [0, 0.05) is 20.6 Å². The first-order chi connectivity index (χ1) is 5.72. The number of rotatable bonds is 0. The molecule has 2 atom stereocenters. The van der Waals surface area contributed by atoms with Gasteiger partial charge in [-0.05, 0) is 20.9 Å². The van der Waals surface area contributed by atoms with Crippen molar-refractivity contribution >= 4 is 24.2 Å². The first-order valence-corrected chi connectivity index (χ1v) is 6.24. The van der Waals surface area contributed by atoms with E-state index in [0.29, 0.717) is 12.1 Å². The molecule has 3 radical (unpaired) electrons. The molecule has 1 heterocycles. The Labute approximate surface area is 100 Å². The highest BCUT2D eigenvalue weighted by molar-refractivity contribution is 6.24. The zero-order valence-electron chi connectivity index (χ0n) is 10.3. The van der Waals surface area contributed by atoms with E-state index in [2.05, 4.69) is 24.8 Å². The molecule has 1 aliphatic heterocycles. The fourth-order valence-electron chi connectivity index (χ4n) is 0.850. The van der Waals surface area contributed by atoms with Crippen molar-refractivity contribution in [3.63, 3.8) is 0 Å². The minimum absolute atomic E-state index is 0. The van der Waals surface area contributed by atoms with Gasteiger partial charge in [0.1, 0.15) is 0 Å². The molecule has 0 spiro atoms. The average Bonchev–Trinajstić information content (AvgIpc) is 2.43. The molecule has 0 aromatic heterocycles. The summed E-state index contributed by atoms with van der Waals surface area (Å²) in [6, 6.07) is 0.654. The van der Waals surface area contributed by atoms with Gasteiger partial charge in [0.05, 0.1) is 0 Å². The zero-order chi connectivity index (χ0) is 10.1. The molecular weight excluding hydrogens is 188 g/mol. The SMILES string of the molecule is C.CC.CC.CC1[O][AlH][N](C)C1C.[B]. The van der Waals surface area contributed by atoms with Gasteiger partial charge in [0.25, 0.3) is 0 Å². The summed E-state index contributed by atoms with van der Waals surface area (Å²) in [6.45, 7) is 12.4. The van der Waals surface area contributed by atoms with E-state index >= 15 is 0 Å². The zero-order valence-corrected chi connectivity index (χ0v) is 11.7. The summed E-state index contributed by atoms with van der Waals surface area (Å²) >= 11 is -0.294. The molecule has 85 valence electrons. The number of likely N-dealkylation sites (N-methyl/N-ethyl adjacent to an activating group) is 1. The first-order valence-electron chi connectivity index (χ1n) is 5.03. The molecule has 1 rings (SSSR count). The summed E-state index contributed by atoms with van der Waals surface area (Å²) in [5.74, 6) is 0. The molecule has 1 saturated heterocycles. The lowest BCUT2D eigenvalue weighted by atomic mass is 10.2. The van der Waals surface area contributed by atoms with Crippen molar-refractivity contribution in [2.24, 2.45) is 0 Å². The predicted octanol–water partition coefficient (Wildman–Crippen LogP) is 2.30. The Morgan fingerprint density at radius 3 is 1.50 bits per heavy atom. The fraction of sp³-hybridized carbons (Fsp3) is 1.00. The van der Waals surface area contributed by atoms with E-state index in [9.17, 15) is 0 Å². The summed E-state index contributed by atoms with van der Waals surface area (Å²) in [5, 5.41) is 0. The summed E-state index contributed by atoms with van der Waals surface area (Å²) in [4.78, 5) is 0. The van der Waals surface area contributed by atoms with Crippen molar-refractivity contribution in [2.45, 2.75) is 61.1 Å². The van der Waals surface area contributed by atoms with Crippen molar-refractivity contribution in [1.82, 2.24) is 3.88 Å². The Hall–Kier alpha value is 0.517. The smallest absolute Gasteiger partial charge is 0.487 e. The Morgan fingerprint density at radius 2 is 1.43 bits per heavy atom. The second-order valence-electron chi connectivity index (χ2n) is 2.50. The van der Waals surface area contributed by atoms with Crippen LogP contribution in [0.4, 0.5) is 0 Å². The molecule has 2 unspecified atom stereocenters. The minimum Gasteiger partial charge on any atom is -0.487 e. The lowest BCUT2D eigenvalue weighted by Gasteiger charge is -2.16. The fourth-order valence-corrected chi connectivity index (χ4v) is 2.13. The molecule has 0 amide bonds. The summed E-state index contributed by atoms with van der Waals surface area (Å²) in [5.41, 5.74) is 0. The monoisotopic (exact) mass is 216 g/mol. The summed E-state index contributed by atoms with van der Waals surface area (Å²) in [6.07, 6.45) is 0.478. The first kappa shape index (κ1) is 24.0. The van der Waals surface area contributed by atoms with Crippen molar-refractivity contribution < 1.29 is 3.79 Å². The van der Waals surface area contributed by atoms with Crippen molar-refractivity contribution in [1.29, 1.82) is 0 Å². The minimum atomic E-state index is -0.294. The van der Waals surface area contributed by atoms with Crippen LogP contribution in [0, 0.1) is 0 Å². The molecule has 0 aromatic rings. The molecule has 0 aliphatic carbocycles. The Balaban J connectivity index is -0.0000000750. The number of nitrogens with zero attached hydrogens (tertiary/aromatic N) is 1. The Bertz CT molecular complexity index is 86.2. The van der Waals surface area contributed by atoms with E-state index in [1.165, 1.54) is 0 Å². The van der Waals surface area contributed by atoms with Crippen LogP contribution >= 0.6 is 0 Å². The highest BCUT2D eigenvalue weighted by Crippen LogP contribution is 2.10. The van der Waals surface area contributed by atoms with Gasteiger partial charge in [0.2, 0.25) is 0 Å². The molecule has 4 heteroatoms. The van der Waals surface area contributed by atoms with Gasteiger partial charge in [-0.1, -0.05) is 35.1 Å². The van der Waals surface area contributed by atoms with Gasteiger partial charge in [-0.2, -0.15) is 0 Å². The van der Waals surface area contributed by atoms with Crippen LogP contribution in [0.25, 0.3) is 0 Å². The third-order valence-electron chi connectivity index (χ3n) is 1.92. The number of hydrogen-bond donors (Lipinski definition) is 0. The molecule has 1 fully saturated rings. The van der Waals surface area contributed by atoms with Crippen molar-refractivity contribution in [3.05, 3.63) is 0 Å². The van der Waals surface area contributed by atoms with E-state index in [0.717, 1.165) is 0 Å². The third-order valence-corrected chi connectivity index (χ3v) is 3.57. The maximum atomic E-state index is 5.44. The average molecular weight is 216 g/mol. The van der Waals surface area contributed by atoms with E-state index in [4.69, 9.17) is 3.79 Å². The van der Waals surface area contributed by atoms with Crippen LogP contribution in [-0.2, 0) is 3.79 Å². The maximum Gasteiger partial charge on any atom is 0.555 e. The topological polar surface area (TPSA) is 12.5 Å². The van der Waals surface area contributed by atoms with E-state index in [1.54, 1.807) is 0 Å². The van der Waals surface area contributed by atoms with Crippen LogP contribution in [0.5, 0.6) is 0 Å². The molecule has 0 N–H and O–H groups in total. The molecule has 0 aromatic carbocycles. The molecule has 1 aliphatic rings. The van der Waals surface area contributed by atoms with Gasteiger partial charge >= 0.3 is 15.8 Å². The van der Waals surface area contributed by atoms with Crippen molar-refractivity contribution in [3.8, 4) is 0 Å². The Kier molecular flexibility index (Phi) is 27.3. The molecule has 0 saturated carbocycles. The highest BCUT2D eigenvalue weighted by Gasteiger charge is 2.26. The maximum absolute atomic E-state index is 5.44. The van der Waals surface area contributed by atoms with Crippen LogP contribution in [-0.4, -0.2) is 47.3 Å². The summed E-state index contributed by atoms with van der Waals surface area (Å²) in [7, 11) is 2.14. The van der Waals surface area contributed by atoms with E-state index < -0.39 is 0 Å². The van der Waals surface area contributed by atoms with Gasteiger partial charge in [0.15, 0.2) is 0 Å². The summed E-state index contributed by atoms with van der Waals surface area (Å²) < 4.78 is 7.78. The van der Waals surface area contributed by atoms with Crippen LogP contribution in [0.15, 0.2) is 0 Å². The lowest BCUT2D eigenvalue weighted by molar-refractivity contribution is 0.230. The normalized spacial score (nSPS) is 23.6. The highest BCUT2D eigenvalue weighted by atomic mass is 27.1. The second kappa shape index (κ2) is 16.0. The van der Waals surface area contributed by atoms with Crippen LogP contribution in [0.2, 0.25) is 0 Å². The third kappa shape index (κ3) is 9.09. The van der Waals surface area contributed by atoms with E-state index in [-0.39, 0.29) is 31.6 Å². The predicted molar refractivity (Wildman–Crippen MR) is 70.1 cm³/mol. The lowest BCUT2D eigenvalue weighted by Crippen LogP contribution is -2.28. The molecular formula is C10H28AlBNO. The largest absolute Gasteiger partial charge is 0.555 e. The quantitative estimate of drug-likeness (QED) is 0.576. The van der Waals surface area contributed by atoms with Crippen LogP contribution in [0.3, 0.4) is 0 Å². The van der Waals surface area contributed by atoms with Gasteiger partial charge in [-0.25, -0.2) is 0 Å². The van der Waals surface area contributed by atoms with E-state index in [1.807, 2.05) is 27.7 Å². The van der Waals surface area contributed by atoms with Crippen LogP contribution in [0.1, 0.15) is 49.0 Å². The standard InChI is InChI=1S/C5H11NO.2C2H6.CH4.Al.B.H/c1-4(6-3)5(2)7;2*1-2;;;;/h4-5H,1-3H3;2*1-2H3;1H4;;;/q-2;;;;+2;;. The van der Waals surface area contributed by atoms with Crippen LogP contribution < -0.4 is 0 Å². The Morgan fingerprint density at radius 1 is 1.07 bits per heavy atom.